The zero-order valence-corrected chi connectivity index (χ0v) is 16.1. The Balaban J connectivity index is 2.92. The minimum absolute atomic E-state index is 0.0271. The van der Waals surface area contributed by atoms with E-state index in [-0.39, 0.29) is 30.5 Å². The molecule has 0 aromatic heterocycles. The number of carbonyl (C=O) groups is 1. The van der Waals surface area contributed by atoms with Gasteiger partial charge in [-0.3, -0.25) is 9.10 Å². The molecule has 0 saturated heterocycles. The van der Waals surface area contributed by atoms with Crippen molar-refractivity contribution >= 4 is 21.6 Å². The highest BCUT2D eigenvalue weighted by Crippen LogP contribution is 2.22. The van der Waals surface area contributed by atoms with Crippen LogP contribution in [0, 0.1) is 5.92 Å². The molecule has 1 rings (SSSR count). The Kier molecular flexibility index (Phi) is 7.08. The topological polar surface area (TPSA) is 75.7 Å². The number of hydrogen-bond acceptors (Lipinski definition) is 4. The summed E-state index contributed by atoms with van der Waals surface area (Å²) in [7, 11) is -3.57. The van der Waals surface area contributed by atoms with E-state index in [2.05, 4.69) is 5.32 Å². The van der Waals surface area contributed by atoms with E-state index >= 15 is 0 Å². The maximum absolute atomic E-state index is 12.2. The average molecular weight is 356 g/mol. The highest BCUT2D eigenvalue weighted by Gasteiger charge is 2.22. The number of carbonyl (C=O) groups excluding carboxylic acids is 1. The molecule has 0 radical (unpaired) electrons. The zero-order valence-electron chi connectivity index (χ0n) is 15.2. The van der Waals surface area contributed by atoms with Crippen LogP contribution in [0.2, 0.25) is 0 Å². The number of rotatable bonds is 8. The smallest absolute Gasteiger partial charge is 0.240 e. The van der Waals surface area contributed by atoms with Gasteiger partial charge in [-0.15, -0.1) is 0 Å². The lowest BCUT2D eigenvalue weighted by atomic mass is 10.1. The van der Waals surface area contributed by atoms with Crippen LogP contribution in [0.25, 0.3) is 0 Å². The van der Waals surface area contributed by atoms with E-state index in [1.807, 2.05) is 34.6 Å². The molecule has 0 aliphatic carbocycles. The summed E-state index contributed by atoms with van der Waals surface area (Å²) >= 11 is 0. The minimum Gasteiger partial charge on any atom is -0.491 e. The van der Waals surface area contributed by atoms with Gasteiger partial charge in [0.2, 0.25) is 15.9 Å². The molecular weight excluding hydrogens is 328 g/mol. The first kappa shape index (κ1) is 20.3. The Morgan fingerprint density at radius 2 is 1.67 bits per heavy atom. The van der Waals surface area contributed by atoms with Crippen LogP contribution in [0.3, 0.4) is 0 Å². The average Bonchev–Trinajstić information content (AvgIpc) is 2.44. The van der Waals surface area contributed by atoms with E-state index in [4.69, 9.17) is 4.74 Å². The number of nitrogens with one attached hydrogen (secondary N) is 1. The number of ether oxygens (including phenoxy) is 1. The van der Waals surface area contributed by atoms with Crippen molar-refractivity contribution in [2.45, 2.75) is 46.8 Å². The van der Waals surface area contributed by atoms with Crippen LogP contribution in [-0.4, -0.2) is 39.3 Å². The highest BCUT2D eigenvalue weighted by molar-refractivity contribution is 7.92. The first-order valence-corrected chi connectivity index (χ1v) is 9.89. The highest BCUT2D eigenvalue weighted by atomic mass is 32.2. The van der Waals surface area contributed by atoms with Crippen molar-refractivity contribution in [1.82, 2.24) is 5.32 Å². The Morgan fingerprint density at radius 1 is 1.12 bits per heavy atom. The third-order valence-corrected chi connectivity index (χ3v) is 4.71. The predicted molar refractivity (Wildman–Crippen MR) is 96.8 cm³/mol. The van der Waals surface area contributed by atoms with Gasteiger partial charge < -0.3 is 10.1 Å². The Morgan fingerprint density at radius 3 is 2.08 bits per heavy atom. The molecule has 1 atom stereocenters. The van der Waals surface area contributed by atoms with Crippen molar-refractivity contribution in [2.24, 2.45) is 5.92 Å². The third kappa shape index (κ3) is 6.39. The van der Waals surface area contributed by atoms with E-state index in [0.717, 1.165) is 10.6 Å². The van der Waals surface area contributed by atoms with E-state index in [0.29, 0.717) is 11.4 Å². The number of anilines is 1. The lowest BCUT2D eigenvalue weighted by Gasteiger charge is -2.24. The van der Waals surface area contributed by atoms with Crippen molar-refractivity contribution in [3.05, 3.63) is 24.3 Å². The number of amides is 1. The van der Waals surface area contributed by atoms with Gasteiger partial charge in [0.15, 0.2) is 0 Å². The van der Waals surface area contributed by atoms with Gasteiger partial charge in [-0.25, -0.2) is 8.42 Å². The van der Waals surface area contributed by atoms with Crippen LogP contribution in [0.1, 0.15) is 34.6 Å². The summed E-state index contributed by atoms with van der Waals surface area (Å²) in [5, 5.41) is 2.82. The molecule has 0 bridgehead atoms. The van der Waals surface area contributed by atoms with Crippen LogP contribution in [-0.2, 0) is 14.8 Å². The molecule has 24 heavy (non-hydrogen) atoms. The number of benzene rings is 1. The summed E-state index contributed by atoms with van der Waals surface area (Å²) in [6, 6.07) is 6.64. The molecule has 0 spiro atoms. The molecule has 6 nitrogen and oxygen atoms in total. The van der Waals surface area contributed by atoms with Gasteiger partial charge in [0.05, 0.1) is 18.0 Å². The molecule has 1 N–H and O–H groups in total. The standard InChI is InChI=1S/C17H28N2O4S/c1-12(2)14(5)18-17(20)11-19(24(6,21)22)15-7-9-16(10-8-15)23-13(3)4/h7-10,12-14H,11H2,1-6H3,(H,18,20). The van der Waals surface area contributed by atoms with Crippen molar-refractivity contribution in [3.8, 4) is 5.75 Å². The first-order valence-electron chi connectivity index (χ1n) is 8.04. The van der Waals surface area contributed by atoms with Gasteiger partial charge >= 0.3 is 0 Å². The Labute approximate surface area is 145 Å². The van der Waals surface area contributed by atoms with Crippen LogP contribution in [0.5, 0.6) is 5.75 Å². The molecule has 1 unspecified atom stereocenters. The maximum atomic E-state index is 12.2. The SMILES string of the molecule is CC(C)Oc1ccc(N(CC(=O)NC(C)C(C)C)S(C)(=O)=O)cc1. The monoisotopic (exact) mass is 356 g/mol. The second-order valence-electron chi connectivity index (χ2n) is 6.53. The minimum atomic E-state index is -3.57. The van der Waals surface area contributed by atoms with Crippen molar-refractivity contribution in [3.63, 3.8) is 0 Å². The van der Waals surface area contributed by atoms with E-state index in [1.54, 1.807) is 24.3 Å². The maximum Gasteiger partial charge on any atom is 0.240 e. The quantitative estimate of drug-likeness (QED) is 0.776. The predicted octanol–water partition coefficient (Wildman–Crippen LogP) is 2.40. The fraction of sp³-hybridized carbons (Fsp3) is 0.588. The molecule has 0 aliphatic rings. The molecule has 1 aromatic carbocycles. The van der Waals surface area contributed by atoms with E-state index in [1.165, 1.54) is 0 Å². The van der Waals surface area contributed by atoms with Crippen LogP contribution in [0.4, 0.5) is 5.69 Å². The number of hydrogen-bond donors (Lipinski definition) is 1. The van der Waals surface area contributed by atoms with Gasteiger partial charge in [-0.05, 0) is 51.0 Å². The molecule has 1 amide bonds. The summed E-state index contributed by atoms with van der Waals surface area (Å²) < 4.78 is 30.8. The van der Waals surface area contributed by atoms with Gasteiger partial charge in [-0.2, -0.15) is 0 Å². The molecule has 0 aliphatic heterocycles. The first-order chi connectivity index (χ1) is 11.0. The Hall–Kier alpha value is -1.76. The van der Waals surface area contributed by atoms with Gasteiger partial charge in [-0.1, -0.05) is 13.8 Å². The van der Waals surface area contributed by atoms with Crippen LogP contribution in [0.15, 0.2) is 24.3 Å². The van der Waals surface area contributed by atoms with Crippen LogP contribution < -0.4 is 14.4 Å². The van der Waals surface area contributed by atoms with Crippen molar-refractivity contribution in [2.75, 3.05) is 17.1 Å². The van der Waals surface area contributed by atoms with E-state index < -0.39 is 10.0 Å². The van der Waals surface area contributed by atoms with Gasteiger partial charge in [0.1, 0.15) is 12.3 Å². The number of sulfonamides is 1. The molecular formula is C17H28N2O4S. The summed E-state index contributed by atoms with van der Waals surface area (Å²) in [5.41, 5.74) is 0.431. The number of nitrogens with zero attached hydrogens (tertiary/aromatic N) is 1. The lowest BCUT2D eigenvalue weighted by molar-refractivity contribution is -0.120. The second kappa shape index (κ2) is 8.37. The second-order valence-corrected chi connectivity index (χ2v) is 8.44. The Bertz CT molecular complexity index is 639. The third-order valence-electron chi connectivity index (χ3n) is 3.57. The van der Waals surface area contributed by atoms with Crippen LogP contribution >= 0.6 is 0 Å². The van der Waals surface area contributed by atoms with Crippen molar-refractivity contribution < 1.29 is 17.9 Å². The molecule has 0 heterocycles. The fourth-order valence-corrected chi connectivity index (χ4v) is 2.82. The largest absolute Gasteiger partial charge is 0.491 e. The molecule has 136 valence electrons. The lowest BCUT2D eigenvalue weighted by Crippen LogP contribution is -2.44. The molecule has 0 saturated carbocycles. The zero-order chi connectivity index (χ0) is 18.5. The summed E-state index contributed by atoms with van der Waals surface area (Å²) in [6.07, 6.45) is 1.12. The summed E-state index contributed by atoms with van der Waals surface area (Å²) in [4.78, 5) is 12.2. The normalized spacial score (nSPS) is 13.0. The fourth-order valence-electron chi connectivity index (χ4n) is 1.96. The van der Waals surface area contributed by atoms with E-state index in [9.17, 15) is 13.2 Å². The van der Waals surface area contributed by atoms with Gasteiger partial charge in [0, 0.05) is 6.04 Å². The summed E-state index contributed by atoms with van der Waals surface area (Å²) in [5.74, 6) is 0.595. The molecule has 0 fully saturated rings. The summed E-state index contributed by atoms with van der Waals surface area (Å²) in [6.45, 7) is 9.46. The molecule has 1 aromatic rings. The van der Waals surface area contributed by atoms with Crippen molar-refractivity contribution in [1.29, 1.82) is 0 Å². The molecule has 7 heteroatoms. The van der Waals surface area contributed by atoms with Gasteiger partial charge in [0.25, 0.3) is 0 Å².